The number of hydrogen-bond acceptors (Lipinski definition) is 4. The molecule has 1 heterocycles. The minimum absolute atomic E-state index is 0.139. The second kappa shape index (κ2) is 5.96. The number of nitro benzene ring substituents is 1. The monoisotopic (exact) mass is 353 g/mol. The number of halogens is 2. The van der Waals surface area contributed by atoms with E-state index >= 15 is 0 Å². The summed E-state index contributed by atoms with van der Waals surface area (Å²) >= 11 is 3.20. The highest BCUT2D eigenvalue weighted by molar-refractivity contribution is 9.10. The lowest BCUT2D eigenvalue weighted by Gasteiger charge is -2.09. The summed E-state index contributed by atoms with van der Waals surface area (Å²) in [5.41, 5.74) is 0.241. The molecule has 0 aliphatic rings. The smallest absolute Gasteiger partial charge is 0.274 e. The van der Waals surface area contributed by atoms with Crippen molar-refractivity contribution in [1.82, 2.24) is 4.98 Å². The number of nitrogens with one attached hydrogen (secondary N) is 1. The second-order valence-corrected chi connectivity index (χ2v) is 5.03. The van der Waals surface area contributed by atoms with Crippen LogP contribution in [0.1, 0.15) is 15.9 Å². The molecule has 1 N–H and O–H groups in total. The Morgan fingerprint density at radius 1 is 1.48 bits per heavy atom. The van der Waals surface area contributed by atoms with E-state index in [0.29, 0.717) is 10.0 Å². The molecule has 0 radical (unpaired) electrons. The molecule has 0 fully saturated rings. The van der Waals surface area contributed by atoms with Crippen molar-refractivity contribution in [1.29, 1.82) is 0 Å². The number of benzene rings is 1. The predicted octanol–water partition coefficient (Wildman–Crippen LogP) is 3.45. The number of nitrogens with zero attached hydrogens (tertiary/aromatic N) is 2. The molecule has 0 unspecified atom stereocenters. The number of aromatic nitrogens is 1. The van der Waals surface area contributed by atoms with Gasteiger partial charge in [0.1, 0.15) is 0 Å². The standard InChI is InChI=1S/C13H9BrFN3O3/c1-7-5-9(14)10(6-11(7)18(20)21)17-13(19)8-3-2-4-16-12(8)15/h2-6H,1H3,(H,17,19). The molecule has 0 bridgehead atoms. The number of hydrogen-bond donors (Lipinski definition) is 1. The van der Waals surface area contributed by atoms with Crippen molar-refractivity contribution in [2.24, 2.45) is 0 Å². The zero-order chi connectivity index (χ0) is 15.6. The van der Waals surface area contributed by atoms with Gasteiger partial charge in [0, 0.05) is 22.3 Å². The molecule has 0 spiro atoms. The van der Waals surface area contributed by atoms with E-state index in [2.05, 4.69) is 26.2 Å². The molecule has 1 amide bonds. The molecule has 1 aromatic carbocycles. The summed E-state index contributed by atoms with van der Waals surface area (Å²) in [6, 6.07) is 5.41. The van der Waals surface area contributed by atoms with Gasteiger partial charge < -0.3 is 5.32 Å². The van der Waals surface area contributed by atoms with Crippen LogP contribution in [0.2, 0.25) is 0 Å². The van der Waals surface area contributed by atoms with Gasteiger partial charge in [0.2, 0.25) is 5.95 Å². The molecule has 0 aliphatic heterocycles. The first kappa shape index (κ1) is 15.0. The fraction of sp³-hybridized carbons (Fsp3) is 0.0769. The fourth-order valence-electron chi connectivity index (χ4n) is 1.70. The van der Waals surface area contributed by atoms with Crippen molar-refractivity contribution in [2.75, 3.05) is 5.32 Å². The van der Waals surface area contributed by atoms with E-state index in [9.17, 15) is 19.3 Å². The van der Waals surface area contributed by atoms with E-state index < -0.39 is 16.8 Å². The van der Waals surface area contributed by atoms with Gasteiger partial charge >= 0.3 is 0 Å². The van der Waals surface area contributed by atoms with Gasteiger partial charge in [-0.25, -0.2) is 4.98 Å². The van der Waals surface area contributed by atoms with Gasteiger partial charge in [-0.3, -0.25) is 14.9 Å². The number of anilines is 1. The number of carbonyl (C=O) groups is 1. The Labute approximate surface area is 127 Å². The summed E-state index contributed by atoms with van der Waals surface area (Å²) in [5, 5.41) is 13.3. The lowest BCUT2D eigenvalue weighted by molar-refractivity contribution is -0.385. The molecule has 21 heavy (non-hydrogen) atoms. The average molecular weight is 354 g/mol. The van der Waals surface area contributed by atoms with Crippen LogP contribution in [0.5, 0.6) is 0 Å². The Bertz CT molecular complexity index is 737. The number of aryl methyl sites for hydroxylation is 1. The minimum Gasteiger partial charge on any atom is -0.321 e. The molecule has 0 saturated heterocycles. The zero-order valence-corrected chi connectivity index (χ0v) is 12.3. The Kier molecular flexibility index (Phi) is 4.27. The Balaban J connectivity index is 2.36. The van der Waals surface area contributed by atoms with E-state index in [4.69, 9.17) is 0 Å². The van der Waals surface area contributed by atoms with Crippen LogP contribution in [0.15, 0.2) is 34.9 Å². The fourth-order valence-corrected chi connectivity index (χ4v) is 2.26. The topological polar surface area (TPSA) is 85.1 Å². The van der Waals surface area contributed by atoms with E-state index in [1.54, 1.807) is 6.92 Å². The van der Waals surface area contributed by atoms with E-state index in [-0.39, 0.29) is 16.9 Å². The number of carbonyl (C=O) groups excluding carboxylic acids is 1. The molecular formula is C13H9BrFN3O3. The molecule has 6 nitrogen and oxygen atoms in total. The molecule has 0 atom stereocenters. The summed E-state index contributed by atoms with van der Waals surface area (Å²) in [6.07, 6.45) is 1.22. The lowest BCUT2D eigenvalue weighted by Crippen LogP contribution is -2.15. The van der Waals surface area contributed by atoms with Crippen molar-refractivity contribution in [3.8, 4) is 0 Å². The molecule has 2 aromatic rings. The molecular weight excluding hydrogens is 345 g/mol. The van der Waals surface area contributed by atoms with Crippen LogP contribution in [0.4, 0.5) is 15.8 Å². The number of rotatable bonds is 3. The van der Waals surface area contributed by atoms with Gasteiger partial charge in [0.15, 0.2) is 0 Å². The van der Waals surface area contributed by atoms with E-state index in [1.165, 1.54) is 30.5 Å². The molecule has 108 valence electrons. The first-order valence-corrected chi connectivity index (χ1v) is 6.56. The zero-order valence-electron chi connectivity index (χ0n) is 10.8. The molecule has 8 heteroatoms. The van der Waals surface area contributed by atoms with Crippen LogP contribution in [0.3, 0.4) is 0 Å². The van der Waals surface area contributed by atoms with Crippen molar-refractivity contribution in [3.05, 3.63) is 62.1 Å². The first-order chi connectivity index (χ1) is 9.90. The third kappa shape index (κ3) is 3.22. The summed E-state index contributed by atoms with van der Waals surface area (Å²) in [7, 11) is 0. The minimum atomic E-state index is -0.910. The molecule has 0 aliphatic carbocycles. The Morgan fingerprint density at radius 3 is 2.81 bits per heavy atom. The highest BCUT2D eigenvalue weighted by atomic mass is 79.9. The van der Waals surface area contributed by atoms with Gasteiger partial charge in [0.25, 0.3) is 11.6 Å². The van der Waals surface area contributed by atoms with Gasteiger partial charge in [-0.15, -0.1) is 0 Å². The van der Waals surface area contributed by atoms with E-state index in [1.807, 2.05) is 0 Å². The Morgan fingerprint density at radius 2 is 2.19 bits per heavy atom. The average Bonchev–Trinajstić information content (AvgIpc) is 2.41. The number of pyridine rings is 1. The summed E-state index contributed by atoms with van der Waals surface area (Å²) in [6.45, 7) is 1.58. The molecule has 2 rings (SSSR count). The van der Waals surface area contributed by atoms with Crippen LogP contribution in [0.25, 0.3) is 0 Å². The van der Waals surface area contributed by atoms with E-state index in [0.717, 1.165) is 0 Å². The predicted molar refractivity (Wildman–Crippen MR) is 77.7 cm³/mol. The largest absolute Gasteiger partial charge is 0.321 e. The van der Waals surface area contributed by atoms with Gasteiger partial charge in [-0.05, 0) is 41.1 Å². The van der Waals surface area contributed by atoms with Crippen molar-refractivity contribution in [3.63, 3.8) is 0 Å². The maximum Gasteiger partial charge on any atom is 0.274 e. The third-order valence-electron chi connectivity index (χ3n) is 2.73. The highest BCUT2D eigenvalue weighted by Gasteiger charge is 2.18. The maximum atomic E-state index is 13.4. The van der Waals surface area contributed by atoms with Gasteiger partial charge in [-0.1, -0.05) is 0 Å². The van der Waals surface area contributed by atoms with Crippen molar-refractivity contribution in [2.45, 2.75) is 6.92 Å². The van der Waals surface area contributed by atoms with Crippen LogP contribution >= 0.6 is 15.9 Å². The van der Waals surface area contributed by atoms with Gasteiger partial charge in [0.05, 0.1) is 16.2 Å². The molecule has 0 saturated carbocycles. The molecule has 1 aromatic heterocycles. The van der Waals surface area contributed by atoms with Crippen LogP contribution < -0.4 is 5.32 Å². The van der Waals surface area contributed by atoms with Crippen molar-refractivity contribution < 1.29 is 14.1 Å². The summed E-state index contributed by atoms with van der Waals surface area (Å²) in [4.78, 5) is 25.7. The van der Waals surface area contributed by atoms with Crippen LogP contribution in [-0.4, -0.2) is 15.8 Å². The quantitative estimate of drug-likeness (QED) is 0.520. The summed E-state index contributed by atoms with van der Waals surface area (Å²) in [5.74, 6) is -1.65. The van der Waals surface area contributed by atoms with Crippen LogP contribution in [0, 0.1) is 23.0 Å². The third-order valence-corrected chi connectivity index (χ3v) is 3.39. The highest BCUT2D eigenvalue weighted by Crippen LogP contribution is 2.31. The Hall–Kier alpha value is -2.35. The lowest BCUT2D eigenvalue weighted by atomic mass is 10.1. The maximum absolute atomic E-state index is 13.4. The number of amides is 1. The normalized spacial score (nSPS) is 10.2. The second-order valence-electron chi connectivity index (χ2n) is 4.17. The number of nitro groups is 1. The summed E-state index contributed by atoms with van der Waals surface area (Å²) < 4.78 is 13.9. The van der Waals surface area contributed by atoms with Crippen molar-refractivity contribution >= 4 is 33.2 Å². The first-order valence-electron chi connectivity index (χ1n) is 5.76. The van der Waals surface area contributed by atoms with Gasteiger partial charge in [-0.2, -0.15) is 4.39 Å². The SMILES string of the molecule is Cc1cc(Br)c(NC(=O)c2cccnc2F)cc1[N+](=O)[O-]. The van der Waals surface area contributed by atoms with Crippen LogP contribution in [-0.2, 0) is 0 Å².